The van der Waals surface area contributed by atoms with Gasteiger partial charge in [-0.15, -0.1) is 0 Å². The topological polar surface area (TPSA) is 63.4 Å². The van der Waals surface area contributed by atoms with E-state index in [9.17, 15) is 14.0 Å². The van der Waals surface area contributed by atoms with Crippen molar-refractivity contribution in [3.63, 3.8) is 0 Å². The zero-order chi connectivity index (χ0) is 13.1. The number of aldehydes is 1. The van der Waals surface area contributed by atoms with E-state index in [4.69, 9.17) is 5.73 Å². The molecule has 1 amide bonds. The van der Waals surface area contributed by atoms with Gasteiger partial charge in [0.05, 0.1) is 0 Å². The molecule has 0 aromatic heterocycles. The summed E-state index contributed by atoms with van der Waals surface area (Å²) in [4.78, 5) is 24.2. The molecule has 1 saturated heterocycles. The Balaban J connectivity index is 2.39. The number of nitrogens with zero attached hydrogens (tertiary/aromatic N) is 1. The Bertz CT molecular complexity index is 476. The van der Waals surface area contributed by atoms with E-state index in [-0.39, 0.29) is 5.56 Å². The van der Waals surface area contributed by atoms with Crippen LogP contribution in [0.15, 0.2) is 18.2 Å². The molecule has 1 aliphatic heterocycles. The van der Waals surface area contributed by atoms with E-state index < -0.39 is 17.8 Å². The molecule has 0 aliphatic carbocycles. The van der Waals surface area contributed by atoms with E-state index in [2.05, 4.69) is 0 Å². The largest absolute Gasteiger partial charge is 0.368 e. The summed E-state index contributed by atoms with van der Waals surface area (Å²) < 4.78 is 13.1. The van der Waals surface area contributed by atoms with Crippen LogP contribution in [0.5, 0.6) is 0 Å². The lowest BCUT2D eigenvalue weighted by Crippen LogP contribution is -2.48. The van der Waals surface area contributed by atoms with Crippen LogP contribution in [0.1, 0.15) is 29.6 Å². The third kappa shape index (κ3) is 2.34. The fraction of sp³-hybridized carbons (Fsp3) is 0.385. The molecule has 1 heterocycles. The number of hydrogen-bond acceptors (Lipinski definition) is 3. The van der Waals surface area contributed by atoms with Gasteiger partial charge in [-0.05, 0) is 37.5 Å². The van der Waals surface area contributed by atoms with Crippen molar-refractivity contribution in [1.82, 2.24) is 0 Å². The second-order valence-electron chi connectivity index (χ2n) is 4.43. The molecule has 1 fully saturated rings. The van der Waals surface area contributed by atoms with Crippen LogP contribution in [0.25, 0.3) is 0 Å². The summed E-state index contributed by atoms with van der Waals surface area (Å²) in [5, 5.41) is 0. The number of nitrogens with two attached hydrogens (primary N) is 1. The maximum absolute atomic E-state index is 13.1. The summed E-state index contributed by atoms with van der Waals surface area (Å²) in [6.07, 6.45) is 3.14. The smallest absolute Gasteiger partial charge is 0.240 e. The van der Waals surface area contributed by atoms with Crippen molar-refractivity contribution >= 4 is 17.9 Å². The molecular weight excluding hydrogens is 235 g/mol. The third-order valence-corrected chi connectivity index (χ3v) is 3.26. The normalized spacial score (nSPS) is 19.6. The van der Waals surface area contributed by atoms with Gasteiger partial charge in [0.1, 0.15) is 11.9 Å². The fourth-order valence-electron chi connectivity index (χ4n) is 2.40. The Morgan fingerprint density at radius 1 is 1.44 bits per heavy atom. The highest BCUT2D eigenvalue weighted by Crippen LogP contribution is 2.27. The summed E-state index contributed by atoms with van der Waals surface area (Å²) in [6.45, 7) is 0.653. The van der Waals surface area contributed by atoms with Crippen LogP contribution < -0.4 is 10.6 Å². The molecule has 0 spiro atoms. The summed E-state index contributed by atoms with van der Waals surface area (Å²) in [5.74, 6) is -0.871. The van der Waals surface area contributed by atoms with E-state index in [0.29, 0.717) is 24.9 Å². The van der Waals surface area contributed by atoms with Crippen LogP contribution in [0.3, 0.4) is 0 Å². The summed E-state index contributed by atoms with van der Waals surface area (Å²) in [6, 6.07) is 3.58. The zero-order valence-corrected chi connectivity index (χ0v) is 9.93. The predicted octanol–water partition coefficient (Wildman–Crippen LogP) is 1.48. The molecule has 1 aromatic carbocycles. The number of carbonyl (C=O) groups is 2. The van der Waals surface area contributed by atoms with Gasteiger partial charge < -0.3 is 10.6 Å². The van der Waals surface area contributed by atoms with E-state index >= 15 is 0 Å². The first-order valence-corrected chi connectivity index (χ1v) is 5.94. The number of halogens is 1. The summed E-state index contributed by atoms with van der Waals surface area (Å²) in [7, 11) is 0. The van der Waals surface area contributed by atoms with E-state index in [1.165, 1.54) is 18.2 Å². The average molecular weight is 250 g/mol. The lowest BCUT2D eigenvalue weighted by atomic mass is 9.99. The van der Waals surface area contributed by atoms with Gasteiger partial charge in [0.15, 0.2) is 6.29 Å². The van der Waals surface area contributed by atoms with Gasteiger partial charge in [0.25, 0.3) is 0 Å². The quantitative estimate of drug-likeness (QED) is 0.826. The maximum atomic E-state index is 13.1. The molecule has 2 N–H and O–H groups in total. The summed E-state index contributed by atoms with van der Waals surface area (Å²) >= 11 is 0. The SMILES string of the molecule is NC(=O)C1CCCCN1c1ccc(F)cc1C=O. The molecule has 1 atom stereocenters. The van der Waals surface area contributed by atoms with Crippen LogP contribution in [0.2, 0.25) is 0 Å². The Morgan fingerprint density at radius 3 is 2.89 bits per heavy atom. The van der Waals surface area contributed by atoms with Crippen molar-refractivity contribution in [1.29, 1.82) is 0 Å². The Morgan fingerprint density at radius 2 is 2.22 bits per heavy atom. The number of piperidine rings is 1. The molecule has 2 rings (SSSR count). The number of amides is 1. The van der Waals surface area contributed by atoms with Gasteiger partial charge in [-0.1, -0.05) is 0 Å². The number of benzene rings is 1. The van der Waals surface area contributed by atoms with Crippen molar-refractivity contribution in [2.24, 2.45) is 5.73 Å². The molecule has 0 radical (unpaired) electrons. The fourth-order valence-corrected chi connectivity index (χ4v) is 2.40. The first-order chi connectivity index (χ1) is 8.63. The molecule has 1 aliphatic rings. The molecule has 1 unspecified atom stereocenters. The maximum Gasteiger partial charge on any atom is 0.240 e. The second kappa shape index (κ2) is 5.16. The molecule has 0 bridgehead atoms. The minimum Gasteiger partial charge on any atom is -0.368 e. The Hall–Kier alpha value is -1.91. The van der Waals surface area contributed by atoms with Crippen LogP contribution in [0, 0.1) is 5.82 Å². The van der Waals surface area contributed by atoms with Crippen LogP contribution >= 0.6 is 0 Å². The second-order valence-corrected chi connectivity index (χ2v) is 4.43. The van der Waals surface area contributed by atoms with Crippen molar-refractivity contribution < 1.29 is 14.0 Å². The lowest BCUT2D eigenvalue weighted by Gasteiger charge is -2.36. The van der Waals surface area contributed by atoms with E-state index in [1.54, 1.807) is 4.90 Å². The molecule has 5 heteroatoms. The van der Waals surface area contributed by atoms with Crippen LogP contribution in [-0.2, 0) is 4.79 Å². The Labute approximate surface area is 105 Å². The van der Waals surface area contributed by atoms with Crippen molar-refractivity contribution in [3.05, 3.63) is 29.6 Å². The number of anilines is 1. The highest BCUT2D eigenvalue weighted by atomic mass is 19.1. The summed E-state index contributed by atoms with van der Waals surface area (Å²) in [5.41, 5.74) is 6.20. The Kier molecular flexibility index (Phi) is 3.60. The van der Waals surface area contributed by atoms with E-state index in [1.807, 2.05) is 0 Å². The van der Waals surface area contributed by atoms with Crippen LogP contribution in [0.4, 0.5) is 10.1 Å². The first-order valence-electron chi connectivity index (χ1n) is 5.94. The van der Waals surface area contributed by atoms with Gasteiger partial charge in [-0.3, -0.25) is 9.59 Å². The van der Waals surface area contributed by atoms with Crippen LogP contribution in [-0.4, -0.2) is 24.8 Å². The number of rotatable bonds is 3. The number of hydrogen-bond donors (Lipinski definition) is 1. The lowest BCUT2D eigenvalue weighted by molar-refractivity contribution is -0.119. The van der Waals surface area contributed by atoms with Crippen molar-refractivity contribution in [3.8, 4) is 0 Å². The molecule has 18 heavy (non-hydrogen) atoms. The standard InChI is InChI=1S/C13H15FN2O2/c14-10-4-5-11(9(7-10)8-17)16-6-2-1-3-12(16)13(15)18/h4-5,7-8,12H,1-3,6H2,(H2,15,18). The third-order valence-electron chi connectivity index (χ3n) is 3.26. The highest BCUT2D eigenvalue weighted by Gasteiger charge is 2.28. The molecule has 96 valence electrons. The minimum absolute atomic E-state index is 0.253. The minimum atomic E-state index is -0.464. The zero-order valence-electron chi connectivity index (χ0n) is 9.93. The average Bonchev–Trinajstić information content (AvgIpc) is 2.38. The highest BCUT2D eigenvalue weighted by molar-refractivity contribution is 5.89. The molecule has 1 aromatic rings. The monoisotopic (exact) mass is 250 g/mol. The van der Waals surface area contributed by atoms with Gasteiger partial charge in [0, 0.05) is 17.8 Å². The molecule has 4 nitrogen and oxygen atoms in total. The van der Waals surface area contributed by atoms with Gasteiger partial charge in [-0.2, -0.15) is 0 Å². The number of primary amides is 1. The van der Waals surface area contributed by atoms with Gasteiger partial charge in [0.2, 0.25) is 5.91 Å². The molecular formula is C13H15FN2O2. The van der Waals surface area contributed by atoms with E-state index in [0.717, 1.165) is 12.8 Å². The van der Waals surface area contributed by atoms with Crippen molar-refractivity contribution in [2.75, 3.05) is 11.4 Å². The van der Waals surface area contributed by atoms with Gasteiger partial charge >= 0.3 is 0 Å². The first kappa shape index (κ1) is 12.5. The number of carbonyl (C=O) groups excluding carboxylic acids is 2. The van der Waals surface area contributed by atoms with Gasteiger partial charge in [-0.25, -0.2) is 4.39 Å². The predicted molar refractivity (Wildman–Crippen MR) is 66.0 cm³/mol. The van der Waals surface area contributed by atoms with Crippen molar-refractivity contribution in [2.45, 2.75) is 25.3 Å². The molecule has 0 saturated carbocycles.